The van der Waals surface area contributed by atoms with Crippen molar-refractivity contribution in [2.24, 2.45) is 0 Å². The Morgan fingerprint density at radius 2 is 1.61 bits per heavy atom. The maximum atomic E-state index is 7.50. The Hall–Kier alpha value is -1.51. The number of rotatable bonds is 1. The molecule has 0 aromatic rings. The zero-order valence-corrected chi connectivity index (χ0v) is 10.8. The molecule has 1 unspecified atom stereocenters. The van der Waals surface area contributed by atoms with Gasteiger partial charge in [-0.2, -0.15) is 0 Å². The normalized spacial score (nSPS) is 18.7. The summed E-state index contributed by atoms with van der Waals surface area (Å²) in [4.78, 5) is 22.9. The Kier molecular flexibility index (Phi) is 12.5. The second-order valence-corrected chi connectivity index (χ2v) is 3.85. The number of carbonyl (C=O) groups excluding carboxylic acids is 3. The van der Waals surface area contributed by atoms with E-state index in [9.17, 15) is 0 Å². The second kappa shape index (κ2) is 12.0. The number of allylic oxidation sites excluding steroid dienone is 7. The van der Waals surface area contributed by atoms with Crippen molar-refractivity contribution in [2.45, 2.75) is 17.7 Å². The van der Waals surface area contributed by atoms with Crippen LogP contribution in [0.4, 0.5) is 0 Å². The van der Waals surface area contributed by atoms with Gasteiger partial charge >= 0.3 is 81.3 Å². The molecule has 0 fully saturated rings. The van der Waals surface area contributed by atoms with Gasteiger partial charge in [-0.05, 0) is 0 Å². The van der Waals surface area contributed by atoms with Gasteiger partial charge in [0.2, 0.25) is 0 Å². The molecule has 0 heterocycles. The van der Waals surface area contributed by atoms with Gasteiger partial charge in [-0.25, -0.2) is 0 Å². The van der Waals surface area contributed by atoms with Crippen molar-refractivity contribution >= 4 is 20.4 Å². The molecule has 0 bridgehead atoms. The SMILES string of the molecule is C=CC1=C[CH]([Mn])C2=C1CC=CC2.[C]=O.[C]=O.[C]=O. The molecule has 0 amide bonds. The molecule has 2 aliphatic rings. The van der Waals surface area contributed by atoms with Crippen molar-refractivity contribution in [3.63, 3.8) is 0 Å². The van der Waals surface area contributed by atoms with E-state index in [1.807, 2.05) is 6.08 Å². The van der Waals surface area contributed by atoms with E-state index in [0.29, 0.717) is 4.82 Å². The van der Waals surface area contributed by atoms with Crippen LogP contribution in [-0.4, -0.2) is 20.4 Å². The van der Waals surface area contributed by atoms with Gasteiger partial charge in [-0.3, -0.25) is 14.4 Å². The predicted molar refractivity (Wildman–Crippen MR) is 64.5 cm³/mol. The first-order chi connectivity index (χ1) is 8.83. The van der Waals surface area contributed by atoms with Gasteiger partial charge in [0.1, 0.15) is 0 Å². The number of hydrogen-bond donors (Lipinski definition) is 0. The molecular weight excluding hydrogens is 271 g/mol. The van der Waals surface area contributed by atoms with Gasteiger partial charge in [-0.1, -0.05) is 0 Å². The third-order valence-corrected chi connectivity index (χ3v) is 3.05. The van der Waals surface area contributed by atoms with Crippen molar-refractivity contribution in [3.05, 3.63) is 47.6 Å². The van der Waals surface area contributed by atoms with E-state index in [2.05, 4.69) is 61.2 Å². The topological polar surface area (TPSA) is 51.2 Å². The summed E-state index contributed by atoms with van der Waals surface area (Å²) >= 11 is 3.65. The second-order valence-electron chi connectivity index (χ2n) is 3.11. The zero-order valence-electron chi connectivity index (χ0n) is 9.61. The van der Waals surface area contributed by atoms with Crippen molar-refractivity contribution in [2.75, 3.05) is 0 Å². The van der Waals surface area contributed by atoms with E-state index in [1.165, 1.54) is 16.7 Å². The summed E-state index contributed by atoms with van der Waals surface area (Å²) in [6, 6.07) is 0. The average Bonchev–Trinajstić information content (AvgIpc) is 2.82. The molecule has 2 rings (SSSR count). The van der Waals surface area contributed by atoms with Crippen LogP contribution in [0.1, 0.15) is 12.8 Å². The van der Waals surface area contributed by atoms with Gasteiger partial charge in [-0.15, -0.1) is 0 Å². The molecule has 2 aliphatic carbocycles. The molecule has 18 heavy (non-hydrogen) atoms. The monoisotopic (exact) mass is 282 g/mol. The first kappa shape index (κ1) is 18.8. The van der Waals surface area contributed by atoms with Gasteiger partial charge in [0, 0.05) is 0 Å². The standard InChI is InChI=1S/C11H11.3CO.Mn/c1-2-9-7-8-10-5-3-4-6-11(9)10;3*1-2;/h2-4,7-8H,1,5-6H2;;;;. The van der Waals surface area contributed by atoms with E-state index in [1.54, 1.807) is 0 Å². The fraction of sp³-hybridized carbons (Fsp3) is 0.214. The summed E-state index contributed by atoms with van der Waals surface area (Å²) in [6.07, 6.45) is 10.9. The molecule has 92 valence electrons. The summed E-state index contributed by atoms with van der Waals surface area (Å²) in [5, 5.41) is 0. The fourth-order valence-electron chi connectivity index (χ4n) is 1.80. The Morgan fingerprint density at radius 1 is 1.11 bits per heavy atom. The van der Waals surface area contributed by atoms with Crippen LogP contribution in [0.3, 0.4) is 0 Å². The predicted octanol–water partition coefficient (Wildman–Crippen LogP) is 1.90. The fourth-order valence-corrected chi connectivity index (χ4v) is 2.35. The van der Waals surface area contributed by atoms with Gasteiger partial charge in [0.15, 0.2) is 0 Å². The van der Waals surface area contributed by atoms with E-state index < -0.39 is 0 Å². The molecule has 0 saturated carbocycles. The molecule has 3 nitrogen and oxygen atoms in total. The van der Waals surface area contributed by atoms with Crippen LogP contribution in [0.2, 0.25) is 4.82 Å². The molecular formula is C14H11MnO3. The third kappa shape index (κ3) is 4.78. The first-order valence-corrected chi connectivity index (χ1v) is 5.48. The minimum absolute atomic E-state index is 0.449. The molecule has 6 radical (unpaired) electrons. The Labute approximate surface area is 116 Å². The maximum Gasteiger partial charge on any atom is 0.281 e. The van der Waals surface area contributed by atoms with Crippen LogP contribution < -0.4 is 0 Å². The molecule has 0 aromatic carbocycles. The quantitative estimate of drug-likeness (QED) is 0.545. The van der Waals surface area contributed by atoms with E-state index in [0.717, 1.165) is 12.8 Å². The van der Waals surface area contributed by atoms with Crippen LogP contribution in [0.25, 0.3) is 0 Å². The van der Waals surface area contributed by atoms with Crippen LogP contribution in [0.15, 0.2) is 47.6 Å². The summed E-state index contributed by atoms with van der Waals surface area (Å²) < 4.78 is 0. The zero-order chi connectivity index (χ0) is 14.6. The Morgan fingerprint density at radius 3 is 2.11 bits per heavy atom. The summed E-state index contributed by atoms with van der Waals surface area (Å²) in [6.45, 7) is 17.3. The Bertz CT molecular complexity index is 351. The molecule has 0 saturated heterocycles. The van der Waals surface area contributed by atoms with Gasteiger partial charge < -0.3 is 0 Å². The maximum absolute atomic E-state index is 7.50. The minimum atomic E-state index is 0.449. The Balaban J connectivity index is 0. The van der Waals surface area contributed by atoms with Crippen molar-refractivity contribution < 1.29 is 30.4 Å². The van der Waals surface area contributed by atoms with Crippen LogP contribution in [-0.2, 0) is 30.4 Å². The van der Waals surface area contributed by atoms with Crippen LogP contribution in [0.5, 0.6) is 0 Å². The van der Waals surface area contributed by atoms with Crippen LogP contribution >= 0.6 is 0 Å². The van der Waals surface area contributed by atoms with E-state index >= 15 is 0 Å². The van der Waals surface area contributed by atoms with E-state index in [-0.39, 0.29) is 0 Å². The average molecular weight is 282 g/mol. The molecule has 0 aromatic heterocycles. The smallest absolute Gasteiger partial charge is 0.281 e. The molecule has 0 N–H and O–H groups in total. The molecule has 4 heteroatoms. The molecule has 0 spiro atoms. The first-order valence-electron chi connectivity index (χ1n) is 4.80. The number of hydrogen-bond acceptors (Lipinski definition) is 3. The van der Waals surface area contributed by atoms with Crippen molar-refractivity contribution in [1.82, 2.24) is 0 Å². The molecule has 0 aliphatic heterocycles. The summed E-state index contributed by atoms with van der Waals surface area (Å²) in [7, 11) is 0. The van der Waals surface area contributed by atoms with Gasteiger partial charge in [0.25, 0.3) is 20.4 Å². The van der Waals surface area contributed by atoms with Crippen molar-refractivity contribution in [3.8, 4) is 0 Å². The third-order valence-electron chi connectivity index (χ3n) is 2.44. The molecule has 1 atom stereocenters. The van der Waals surface area contributed by atoms with Crippen molar-refractivity contribution in [1.29, 1.82) is 0 Å². The summed E-state index contributed by atoms with van der Waals surface area (Å²) in [5.41, 5.74) is 4.32. The van der Waals surface area contributed by atoms with Gasteiger partial charge in [0.05, 0.1) is 0 Å². The van der Waals surface area contributed by atoms with E-state index in [4.69, 9.17) is 14.4 Å². The largest absolute Gasteiger partial charge is 0.281 e. The minimum Gasteiger partial charge on any atom is -0.281 e. The van der Waals surface area contributed by atoms with Crippen LogP contribution in [0, 0.1) is 0 Å². The summed E-state index contributed by atoms with van der Waals surface area (Å²) in [5.74, 6) is 0.